The smallest absolute Gasteiger partial charge is 0.256 e. The van der Waals surface area contributed by atoms with Crippen LogP contribution in [0.25, 0.3) is 0 Å². The van der Waals surface area contributed by atoms with Gasteiger partial charge in [-0.15, -0.1) is 11.3 Å². The van der Waals surface area contributed by atoms with Gasteiger partial charge in [0.2, 0.25) is 0 Å². The van der Waals surface area contributed by atoms with Gasteiger partial charge in [-0.05, 0) is 43.4 Å². The average Bonchev–Trinajstić information content (AvgIpc) is 3.04. The normalized spacial score (nSPS) is 14.4. The van der Waals surface area contributed by atoms with Crippen LogP contribution in [0.3, 0.4) is 0 Å². The van der Waals surface area contributed by atoms with Gasteiger partial charge in [0.15, 0.2) is 0 Å². The second-order valence-corrected chi connectivity index (χ2v) is 7.39. The summed E-state index contributed by atoms with van der Waals surface area (Å²) in [4.78, 5) is 26.3. The summed E-state index contributed by atoms with van der Waals surface area (Å²) in [5.41, 5.74) is 2.00. The lowest BCUT2D eigenvalue weighted by Crippen LogP contribution is -2.34. The Hall–Kier alpha value is -2.22. The van der Waals surface area contributed by atoms with Crippen molar-refractivity contribution in [3.05, 3.63) is 51.9 Å². The summed E-state index contributed by atoms with van der Waals surface area (Å²) < 4.78 is 0. The quantitative estimate of drug-likeness (QED) is 0.621. The molecule has 0 saturated heterocycles. The van der Waals surface area contributed by atoms with Crippen molar-refractivity contribution in [3.8, 4) is 0 Å². The zero-order chi connectivity index (χ0) is 18.5. The Bertz CT molecular complexity index is 788. The van der Waals surface area contributed by atoms with E-state index >= 15 is 0 Å². The molecule has 26 heavy (non-hydrogen) atoms. The SMILES string of the molecule is O=C(Nc1sc2c(c1C(=O)NC[C@H](O)CO)CCCC2)c1ccccc1. The molecule has 2 amide bonds. The molecule has 3 rings (SSSR count). The van der Waals surface area contributed by atoms with Crippen LogP contribution in [0, 0.1) is 0 Å². The molecule has 0 bridgehead atoms. The third kappa shape index (κ3) is 4.12. The van der Waals surface area contributed by atoms with Gasteiger partial charge in [-0.1, -0.05) is 18.2 Å². The minimum atomic E-state index is -1.00. The lowest BCUT2D eigenvalue weighted by atomic mass is 9.95. The molecular weight excluding hydrogens is 352 g/mol. The molecule has 138 valence electrons. The molecule has 0 saturated carbocycles. The Morgan fingerprint density at radius 1 is 1.12 bits per heavy atom. The summed E-state index contributed by atoms with van der Waals surface area (Å²) in [6.07, 6.45) is 2.79. The zero-order valence-electron chi connectivity index (χ0n) is 14.3. The van der Waals surface area contributed by atoms with E-state index in [0.29, 0.717) is 16.1 Å². The van der Waals surface area contributed by atoms with Crippen LogP contribution in [-0.2, 0) is 12.8 Å². The number of nitrogens with one attached hydrogen (secondary N) is 2. The van der Waals surface area contributed by atoms with Crippen molar-refractivity contribution in [3.63, 3.8) is 0 Å². The van der Waals surface area contributed by atoms with Crippen molar-refractivity contribution in [2.45, 2.75) is 31.8 Å². The maximum atomic E-state index is 12.7. The van der Waals surface area contributed by atoms with Gasteiger partial charge in [-0.25, -0.2) is 0 Å². The lowest BCUT2D eigenvalue weighted by Gasteiger charge is -2.14. The van der Waals surface area contributed by atoms with Gasteiger partial charge in [0, 0.05) is 17.0 Å². The van der Waals surface area contributed by atoms with Gasteiger partial charge in [0.25, 0.3) is 11.8 Å². The number of anilines is 1. The molecule has 0 unspecified atom stereocenters. The maximum Gasteiger partial charge on any atom is 0.256 e. The van der Waals surface area contributed by atoms with Gasteiger partial charge >= 0.3 is 0 Å². The monoisotopic (exact) mass is 374 g/mol. The molecule has 1 aromatic heterocycles. The first-order valence-electron chi connectivity index (χ1n) is 8.68. The third-order valence-electron chi connectivity index (χ3n) is 4.37. The second-order valence-electron chi connectivity index (χ2n) is 6.28. The van der Waals surface area contributed by atoms with Gasteiger partial charge in [0.1, 0.15) is 5.00 Å². The Morgan fingerprint density at radius 3 is 2.58 bits per heavy atom. The van der Waals surface area contributed by atoms with Crippen LogP contribution >= 0.6 is 11.3 Å². The van der Waals surface area contributed by atoms with Crippen molar-refractivity contribution in [2.24, 2.45) is 0 Å². The van der Waals surface area contributed by atoms with Crippen LogP contribution in [0.1, 0.15) is 44.0 Å². The first-order chi connectivity index (χ1) is 12.6. The number of benzene rings is 1. The highest BCUT2D eigenvalue weighted by atomic mass is 32.1. The maximum absolute atomic E-state index is 12.7. The molecule has 0 fully saturated rings. The van der Waals surface area contributed by atoms with Crippen molar-refractivity contribution in [2.75, 3.05) is 18.5 Å². The summed E-state index contributed by atoms with van der Waals surface area (Å²) in [5.74, 6) is -0.589. The van der Waals surface area contributed by atoms with Gasteiger partial charge in [-0.2, -0.15) is 0 Å². The van der Waals surface area contributed by atoms with Crippen molar-refractivity contribution < 1.29 is 19.8 Å². The van der Waals surface area contributed by atoms with Gasteiger partial charge < -0.3 is 20.8 Å². The number of hydrogen-bond donors (Lipinski definition) is 4. The van der Waals surface area contributed by atoms with Gasteiger partial charge in [-0.3, -0.25) is 9.59 Å². The molecule has 6 nitrogen and oxygen atoms in total. The van der Waals surface area contributed by atoms with Crippen LogP contribution in [0.15, 0.2) is 30.3 Å². The second kappa shape index (κ2) is 8.44. The van der Waals surface area contributed by atoms with Crippen LogP contribution in [-0.4, -0.2) is 41.3 Å². The van der Waals surface area contributed by atoms with Crippen LogP contribution in [0.5, 0.6) is 0 Å². The Morgan fingerprint density at radius 2 is 1.85 bits per heavy atom. The average molecular weight is 374 g/mol. The number of carbonyl (C=O) groups is 2. The minimum absolute atomic E-state index is 0.0357. The first kappa shape index (κ1) is 18.6. The van der Waals surface area contributed by atoms with Gasteiger partial charge in [0.05, 0.1) is 18.3 Å². The summed E-state index contributed by atoms with van der Waals surface area (Å²) in [6.45, 7) is -0.453. The number of hydrogen-bond acceptors (Lipinski definition) is 5. The number of fused-ring (bicyclic) bond motifs is 1. The fraction of sp³-hybridized carbons (Fsp3) is 0.368. The molecule has 1 aromatic carbocycles. The summed E-state index contributed by atoms with van der Waals surface area (Å²) in [5, 5.41) is 24.5. The number of thiophene rings is 1. The van der Waals surface area contributed by atoms with E-state index in [2.05, 4.69) is 10.6 Å². The molecule has 7 heteroatoms. The van der Waals surface area contributed by atoms with E-state index in [4.69, 9.17) is 5.11 Å². The minimum Gasteiger partial charge on any atom is -0.394 e. The molecule has 1 aliphatic carbocycles. The summed E-state index contributed by atoms with van der Waals surface area (Å²) in [7, 11) is 0. The zero-order valence-corrected chi connectivity index (χ0v) is 15.1. The van der Waals surface area contributed by atoms with E-state index in [1.807, 2.05) is 6.07 Å². The molecule has 4 N–H and O–H groups in total. The molecule has 1 heterocycles. The number of carbonyl (C=O) groups excluding carboxylic acids is 2. The molecular formula is C19H22N2O4S. The van der Waals surface area contributed by atoms with Crippen molar-refractivity contribution >= 4 is 28.2 Å². The standard InChI is InChI=1S/C19H22N2O4S/c22-11-13(23)10-20-18(25)16-14-8-4-5-9-15(14)26-19(16)21-17(24)12-6-2-1-3-7-12/h1-3,6-7,13,22-23H,4-5,8-11H2,(H,20,25)(H,21,24)/t13-/m0/s1. The summed E-state index contributed by atoms with van der Waals surface area (Å²) >= 11 is 1.45. The largest absolute Gasteiger partial charge is 0.394 e. The Balaban J connectivity index is 1.85. The first-order valence-corrected chi connectivity index (χ1v) is 9.50. The molecule has 1 aliphatic rings. The fourth-order valence-electron chi connectivity index (χ4n) is 3.02. The van der Waals surface area contributed by atoms with E-state index < -0.39 is 12.7 Å². The number of aliphatic hydroxyl groups is 2. The molecule has 0 radical (unpaired) electrons. The number of aliphatic hydroxyl groups excluding tert-OH is 2. The topological polar surface area (TPSA) is 98.7 Å². The highest BCUT2D eigenvalue weighted by molar-refractivity contribution is 7.17. The van der Waals surface area contributed by atoms with E-state index in [-0.39, 0.29) is 18.4 Å². The van der Waals surface area contributed by atoms with Crippen LogP contribution in [0.4, 0.5) is 5.00 Å². The number of amides is 2. The van der Waals surface area contributed by atoms with E-state index in [9.17, 15) is 14.7 Å². The third-order valence-corrected chi connectivity index (χ3v) is 5.58. The molecule has 0 spiro atoms. The predicted molar refractivity (Wildman–Crippen MR) is 101 cm³/mol. The summed E-state index contributed by atoms with van der Waals surface area (Å²) in [6, 6.07) is 8.86. The van der Waals surface area contributed by atoms with Crippen molar-refractivity contribution in [1.82, 2.24) is 5.32 Å². The van der Waals surface area contributed by atoms with Crippen LogP contribution < -0.4 is 10.6 Å². The van der Waals surface area contributed by atoms with E-state index in [0.717, 1.165) is 36.1 Å². The Kier molecular flexibility index (Phi) is 6.03. The van der Waals surface area contributed by atoms with E-state index in [1.165, 1.54) is 11.3 Å². The fourth-order valence-corrected chi connectivity index (χ4v) is 4.30. The predicted octanol–water partition coefficient (Wildman–Crippen LogP) is 1.96. The van der Waals surface area contributed by atoms with E-state index in [1.54, 1.807) is 24.3 Å². The Labute approximate surface area is 155 Å². The molecule has 0 aliphatic heterocycles. The highest BCUT2D eigenvalue weighted by Crippen LogP contribution is 2.38. The van der Waals surface area contributed by atoms with Crippen LogP contribution in [0.2, 0.25) is 0 Å². The number of rotatable bonds is 6. The lowest BCUT2D eigenvalue weighted by molar-refractivity contribution is 0.0802. The highest BCUT2D eigenvalue weighted by Gasteiger charge is 2.26. The molecule has 1 atom stereocenters. The van der Waals surface area contributed by atoms with Crippen molar-refractivity contribution in [1.29, 1.82) is 0 Å². The number of aryl methyl sites for hydroxylation is 1. The molecule has 2 aromatic rings.